The maximum atomic E-state index is 12.4. The van der Waals surface area contributed by atoms with E-state index in [-0.39, 0.29) is 17.6 Å². The summed E-state index contributed by atoms with van der Waals surface area (Å²) in [5, 5.41) is 0. The van der Waals surface area contributed by atoms with Crippen molar-refractivity contribution in [2.75, 3.05) is 20.2 Å². The monoisotopic (exact) mass is 314 g/mol. The molecule has 0 bridgehead atoms. The van der Waals surface area contributed by atoms with E-state index in [4.69, 9.17) is 9.15 Å². The molecule has 1 atom stereocenters. The van der Waals surface area contributed by atoms with Crippen molar-refractivity contribution in [3.8, 4) is 5.75 Å². The van der Waals surface area contributed by atoms with E-state index in [1.54, 1.807) is 7.11 Å². The Hall–Kier alpha value is -2.34. The van der Waals surface area contributed by atoms with Crippen LogP contribution in [0.15, 0.2) is 33.5 Å². The predicted octanol–water partition coefficient (Wildman–Crippen LogP) is 1.32. The highest BCUT2D eigenvalue weighted by Crippen LogP contribution is 2.37. The number of methoxy groups -OCH3 is 1. The van der Waals surface area contributed by atoms with Crippen molar-refractivity contribution in [2.45, 2.75) is 18.9 Å². The molecule has 4 rings (SSSR count). The zero-order valence-electron chi connectivity index (χ0n) is 12.9. The molecule has 0 unspecified atom stereocenters. The first-order chi connectivity index (χ1) is 11.1. The molecule has 0 radical (unpaired) electrons. The van der Waals surface area contributed by atoms with Crippen molar-refractivity contribution in [3.63, 3.8) is 0 Å². The Morgan fingerprint density at radius 3 is 2.74 bits per heavy atom. The van der Waals surface area contributed by atoms with Gasteiger partial charge in [0.15, 0.2) is 0 Å². The number of ether oxygens (including phenoxy) is 1. The second kappa shape index (κ2) is 5.38. The van der Waals surface area contributed by atoms with Crippen LogP contribution >= 0.6 is 0 Å². The number of likely N-dealkylation sites (tertiary alicyclic amines) is 1. The fraction of sp³-hybridized carbons (Fsp3) is 0.412. The number of rotatable bonds is 5. The van der Waals surface area contributed by atoms with E-state index >= 15 is 0 Å². The Bertz CT molecular complexity index is 784. The standard InChI is InChI=1S/C17H18N2O4/c1-22-12-4-2-10(3-5-12)7-19-8-11(9-19)15(20)13-6-14-16(13)23-17(21)18-14/h2-5,11,13H,6-9H2,1H3,(H,18,21)/t13-/m0/s1. The number of carbonyl (C=O) groups excluding carboxylic acids is 1. The zero-order chi connectivity index (χ0) is 16.0. The van der Waals surface area contributed by atoms with Gasteiger partial charge in [0, 0.05) is 32.0 Å². The molecule has 0 spiro atoms. The third-order valence-electron chi connectivity index (χ3n) is 4.75. The fourth-order valence-electron chi connectivity index (χ4n) is 3.35. The van der Waals surface area contributed by atoms with Crippen LogP contribution in [-0.2, 0) is 17.8 Å². The Morgan fingerprint density at radius 2 is 2.09 bits per heavy atom. The lowest BCUT2D eigenvalue weighted by Crippen LogP contribution is -2.51. The lowest BCUT2D eigenvalue weighted by molar-refractivity contribution is -0.130. The summed E-state index contributed by atoms with van der Waals surface area (Å²) in [6.45, 7) is 2.37. The topological polar surface area (TPSA) is 75.5 Å². The van der Waals surface area contributed by atoms with E-state index in [1.165, 1.54) is 5.56 Å². The predicted molar refractivity (Wildman–Crippen MR) is 82.5 cm³/mol. The molecule has 1 fully saturated rings. The molecule has 2 heterocycles. The summed E-state index contributed by atoms with van der Waals surface area (Å²) in [4.78, 5) is 28.4. The van der Waals surface area contributed by atoms with Gasteiger partial charge in [-0.2, -0.15) is 0 Å². The van der Waals surface area contributed by atoms with Gasteiger partial charge in [0.05, 0.1) is 18.7 Å². The van der Waals surface area contributed by atoms with Gasteiger partial charge < -0.3 is 9.15 Å². The van der Waals surface area contributed by atoms with Gasteiger partial charge in [0.25, 0.3) is 0 Å². The number of hydrogen-bond donors (Lipinski definition) is 1. The van der Waals surface area contributed by atoms with Crippen LogP contribution in [0.25, 0.3) is 0 Å². The Labute approximate surface area is 133 Å². The number of benzene rings is 1. The Kier molecular flexibility index (Phi) is 3.34. The molecule has 120 valence electrons. The van der Waals surface area contributed by atoms with E-state index < -0.39 is 5.76 Å². The number of Topliss-reactive ketones (excluding diaryl/α,β-unsaturated/α-hetero) is 1. The summed E-state index contributed by atoms with van der Waals surface area (Å²) in [7, 11) is 1.65. The average Bonchev–Trinajstić information content (AvgIpc) is 2.79. The molecular weight excluding hydrogens is 296 g/mol. The quantitative estimate of drug-likeness (QED) is 0.901. The summed E-state index contributed by atoms with van der Waals surface area (Å²) >= 11 is 0. The molecule has 2 aromatic rings. The molecule has 1 saturated heterocycles. The number of aromatic amines is 1. The molecule has 1 aromatic heterocycles. The lowest BCUT2D eigenvalue weighted by Gasteiger charge is -2.40. The minimum atomic E-state index is -0.458. The van der Waals surface area contributed by atoms with Crippen molar-refractivity contribution >= 4 is 5.78 Å². The van der Waals surface area contributed by atoms with Gasteiger partial charge in [-0.25, -0.2) is 4.79 Å². The molecular formula is C17H18N2O4. The Morgan fingerprint density at radius 1 is 1.35 bits per heavy atom. The summed E-state index contributed by atoms with van der Waals surface area (Å²) in [6, 6.07) is 7.98. The second-order valence-electron chi connectivity index (χ2n) is 6.26. The third kappa shape index (κ3) is 2.49. The van der Waals surface area contributed by atoms with E-state index in [0.717, 1.165) is 31.1 Å². The minimum absolute atomic E-state index is 0.0478. The van der Waals surface area contributed by atoms with E-state index in [1.807, 2.05) is 24.3 Å². The highest BCUT2D eigenvalue weighted by molar-refractivity contribution is 5.90. The highest BCUT2D eigenvalue weighted by Gasteiger charge is 2.43. The van der Waals surface area contributed by atoms with Crippen LogP contribution in [0, 0.1) is 5.92 Å². The highest BCUT2D eigenvalue weighted by atomic mass is 16.5. The average molecular weight is 314 g/mol. The third-order valence-corrected chi connectivity index (χ3v) is 4.75. The van der Waals surface area contributed by atoms with Crippen LogP contribution in [0.5, 0.6) is 5.75 Å². The molecule has 0 saturated carbocycles. The van der Waals surface area contributed by atoms with Gasteiger partial charge in [-0.05, 0) is 17.7 Å². The first-order valence-electron chi connectivity index (χ1n) is 7.75. The first kappa shape index (κ1) is 14.3. The normalized spacial score (nSPS) is 20.5. The SMILES string of the molecule is COc1ccc(CN2CC(C(=O)[C@@H]3Cc4[nH]c(=O)oc43)C2)cc1. The van der Waals surface area contributed by atoms with Gasteiger partial charge >= 0.3 is 5.76 Å². The van der Waals surface area contributed by atoms with Gasteiger partial charge in [0.1, 0.15) is 17.3 Å². The number of nitrogens with zero attached hydrogens (tertiary/aromatic N) is 1. The van der Waals surface area contributed by atoms with Crippen molar-refractivity contribution in [2.24, 2.45) is 5.92 Å². The largest absolute Gasteiger partial charge is 0.497 e. The Balaban J connectivity index is 1.31. The van der Waals surface area contributed by atoms with Crippen LogP contribution in [0.2, 0.25) is 0 Å². The maximum Gasteiger partial charge on any atom is 0.416 e. The number of oxazole rings is 1. The van der Waals surface area contributed by atoms with Crippen molar-refractivity contribution in [1.82, 2.24) is 9.88 Å². The number of H-pyrrole nitrogens is 1. The number of ketones is 1. The van der Waals surface area contributed by atoms with Crippen molar-refractivity contribution in [3.05, 3.63) is 51.8 Å². The van der Waals surface area contributed by atoms with Crippen LogP contribution in [0.3, 0.4) is 0 Å². The number of fused-ring (bicyclic) bond motifs is 1. The summed E-state index contributed by atoms with van der Waals surface area (Å²) in [5.74, 6) is 0.961. The first-order valence-corrected chi connectivity index (χ1v) is 7.75. The van der Waals surface area contributed by atoms with Crippen molar-refractivity contribution < 1.29 is 13.9 Å². The summed E-state index contributed by atoms with van der Waals surface area (Å²) < 4.78 is 10.2. The van der Waals surface area contributed by atoms with E-state index in [9.17, 15) is 9.59 Å². The minimum Gasteiger partial charge on any atom is -0.497 e. The van der Waals surface area contributed by atoms with Gasteiger partial charge in [-0.15, -0.1) is 0 Å². The zero-order valence-corrected chi connectivity index (χ0v) is 12.9. The maximum absolute atomic E-state index is 12.4. The molecule has 6 heteroatoms. The van der Waals surface area contributed by atoms with Gasteiger partial charge in [0.2, 0.25) is 0 Å². The second-order valence-corrected chi connectivity index (χ2v) is 6.26. The number of nitrogens with one attached hydrogen (secondary N) is 1. The van der Waals surface area contributed by atoms with Crippen LogP contribution in [-0.4, -0.2) is 35.9 Å². The molecule has 1 aromatic carbocycles. The molecule has 1 N–H and O–H groups in total. The molecule has 6 nitrogen and oxygen atoms in total. The van der Waals surface area contributed by atoms with Crippen molar-refractivity contribution in [1.29, 1.82) is 0 Å². The lowest BCUT2D eigenvalue weighted by atomic mass is 9.77. The van der Waals surface area contributed by atoms with Crippen LogP contribution < -0.4 is 10.5 Å². The van der Waals surface area contributed by atoms with Gasteiger partial charge in [-0.1, -0.05) is 12.1 Å². The van der Waals surface area contributed by atoms with Crippen LogP contribution in [0.4, 0.5) is 0 Å². The van der Waals surface area contributed by atoms with Crippen LogP contribution in [0.1, 0.15) is 22.9 Å². The van der Waals surface area contributed by atoms with E-state index in [2.05, 4.69) is 9.88 Å². The number of hydrogen-bond acceptors (Lipinski definition) is 5. The molecule has 0 amide bonds. The van der Waals surface area contributed by atoms with E-state index in [0.29, 0.717) is 12.2 Å². The summed E-state index contributed by atoms with van der Waals surface area (Å²) in [6.07, 6.45) is 0.606. The smallest absolute Gasteiger partial charge is 0.416 e. The number of carbonyl (C=O) groups is 1. The fourth-order valence-corrected chi connectivity index (χ4v) is 3.35. The molecule has 1 aliphatic heterocycles. The molecule has 2 aliphatic rings. The molecule has 1 aliphatic carbocycles. The molecule has 23 heavy (non-hydrogen) atoms. The number of aromatic nitrogens is 1. The van der Waals surface area contributed by atoms with Gasteiger partial charge in [-0.3, -0.25) is 14.7 Å². The summed E-state index contributed by atoms with van der Waals surface area (Å²) in [5.41, 5.74) is 1.99.